The summed E-state index contributed by atoms with van der Waals surface area (Å²) < 4.78 is 0. The van der Waals surface area contributed by atoms with Gasteiger partial charge in [-0.1, -0.05) is 6.07 Å². The molecule has 4 heteroatoms. The van der Waals surface area contributed by atoms with Gasteiger partial charge in [-0.25, -0.2) is 0 Å². The predicted molar refractivity (Wildman–Crippen MR) is 56.9 cm³/mol. The van der Waals surface area contributed by atoms with Crippen molar-refractivity contribution in [2.75, 3.05) is 0 Å². The standard InChI is InChI=1S/C10H11N3S/c1-8-5-12-10(14-8)13-7-9-3-2-4-11-6-9/h2-6H,7H2,1H3,(H,12,13). The third kappa shape index (κ3) is 2.29. The predicted octanol–water partition coefficient (Wildman–Crippen LogP) is 1.88. The molecule has 0 fully saturated rings. The summed E-state index contributed by atoms with van der Waals surface area (Å²) in [6.07, 6.45) is 5.57. The number of nitrogens with zero attached hydrogens (tertiary/aromatic N) is 2. The van der Waals surface area contributed by atoms with Gasteiger partial charge < -0.3 is 4.98 Å². The van der Waals surface area contributed by atoms with E-state index in [9.17, 15) is 0 Å². The molecule has 0 aliphatic rings. The number of aromatic nitrogens is 2. The second kappa shape index (κ2) is 4.19. The van der Waals surface area contributed by atoms with E-state index in [0.717, 1.165) is 10.4 Å². The lowest BCUT2D eigenvalue weighted by molar-refractivity contribution is 0.981. The lowest BCUT2D eigenvalue weighted by Gasteiger charge is -1.91. The smallest absolute Gasteiger partial charge is 0.182 e. The lowest BCUT2D eigenvalue weighted by atomic mass is 10.3. The molecule has 0 aliphatic carbocycles. The molecule has 2 rings (SSSR count). The highest BCUT2D eigenvalue weighted by atomic mass is 32.1. The van der Waals surface area contributed by atoms with Crippen LogP contribution in [0, 0.1) is 6.92 Å². The van der Waals surface area contributed by atoms with Gasteiger partial charge in [-0.2, -0.15) is 0 Å². The van der Waals surface area contributed by atoms with E-state index in [0.29, 0.717) is 6.54 Å². The van der Waals surface area contributed by atoms with Crippen LogP contribution in [0.15, 0.2) is 35.7 Å². The molecule has 0 aromatic carbocycles. The van der Waals surface area contributed by atoms with Gasteiger partial charge in [-0.15, -0.1) is 11.3 Å². The third-order valence-electron chi connectivity index (χ3n) is 1.78. The molecule has 2 aromatic heterocycles. The van der Waals surface area contributed by atoms with Gasteiger partial charge in [0.2, 0.25) is 0 Å². The molecule has 3 nitrogen and oxygen atoms in total. The fourth-order valence-corrected chi connectivity index (χ4v) is 1.78. The molecule has 2 heterocycles. The average molecular weight is 205 g/mol. The number of pyridine rings is 1. The zero-order chi connectivity index (χ0) is 9.80. The number of nitrogens with one attached hydrogen (secondary N) is 1. The van der Waals surface area contributed by atoms with Crippen molar-refractivity contribution in [1.82, 2.24) is 9.97 Å². The molecular formula is C10H11N3S. The number of rotatable bonds is 2. The number of H-pyrrole nitrogens is 1. The van der Waals surface area contributed by atoms with Gasteiger partial charge in [0.1, 0.15) is 0 Å². The summed E-state index contributed by atoms with van der Waals surface area (Å²) in [6, 6.07) is 3.95. The van der Waals surface area contributed by atoms with Crippen molar-refractivity contribution in [2.24, 2.45) is 4.99 Å². The summed E-state index contributed by atoms with van der Waals surface area (Å²) in [5.74, 6) is 0. The van der Waals surface area contributed by atoms with Crippen molar-refractivity contribution in [3.8, 4) is 0 Å². The highest BCUT2D eigenvalue weighted by Gasteiger charge is 1.90. The first-order chi connectivity index (χ1) is 6.84. The first-order valence-corrected chi connectivity index (χ1v) is 5.21. The topological polar surface area (TPSA) is 41.0 Å². The third-order valence-corrected chi connectivity index (χ3v) is 2.66. The molecule has 0 saturated carbocycles. The first-order valence-electron chi connectivity index (χ1n) is 4.39. The second-order valence-electron chi connectivity index (χ2n) is 2.98. The maximum Gasteiger partial charge on any atom is 0.182 e. The minimum absolute atomic E-state index is 0.685. The molecule has 0 saturated heterocycles. The lowest BCUT2D eigenvalue weighted by Crippen LogP contribution is -1.97. The van der Waals surface area contributed by atoms with Crippen LogP contribution in [0.3, 0.4) is 0 Å². The number of hydrogen-bond acceptors (Lipinski definition) is 3. The maximum absolute atomic E-state index is 4.42. The van der Waals surface area contributed by atoms with E-state index in [1.807, 2.05) is 24.5 Å². The Kier molecular flexibility index (Phi) is 2.74. The summed E-state index contributed by atoms with van der Waals surface area (Å²) in [5.41, 5.74) is 1.13. The molecule has 0 radical (unpaired) electrons. The molecule has 0 unspecified atom stereocenters. The summed E-state index contributed by atoms with van der Waals surface area (Å²) >= 11 is 1.66. The quantitative estimate of drug-likeness (QED) is 0.799. The van der Waals surface area contributed by atoms with Gasteiger partial charge in [-0.05, 0) is 18.6 Å². The number of aryl methyl sites for hydroxylation is 1. The fraction of sp³-hybridized carbons (Fsp3) is 0.200. The Hall–Kier alpha value is -1.42. The molecule has 0 atom stereocenters. The molecular weight excluding hydrogens is 194 g/mol. The molecule has 2 aromatic rings. The summed E-state index contributed by atoms with van der Waals surface area (Å²) in [7, 11) is 0. The molecule has 1 N–H and O–H groups in total. The van der Waals surface area contributed by atoms with E-state index in [1.165, 1.54) is 4.88 Å². The van der Waals surface area contributed by atoms with Crippen molar-refractivity contribution < 1.29 is 0 Å². The molecule has 0 aliphatic heterocycles. The van der Waals surface area contributed by atoms with Gasteiger partial charge in [-0.3, -0.25) is 9.98 Å². The van der Waals surface area contributed by atoms with Crippen LogP contribution in [0.25, 0.3) is 0 Å². The van der Waals surface area contributed by atoms with Crippen molar-refractivity contribution >= 4 is 11.3 Å². The van der Waals surface area contributed by atoms with Gasteiger partial charge in [0.15, 0.2) is 4.80 Å². The summed E-state index contributed by atoms with van der Waals surface area (Å²) in [5, 5.41) is 0. The minimum atomic E-state index is 0.685. The Morgan fingerprint density at radius 1 is 1.57 bits per heavy atom. The Balaban J connectivity index is 2.15. The highest BCUT2D eigenvalue weighted by Crippen LogP contribution is 1.99. The number of thiazole rings is 1. The Bertz CT molecular complexity index is 455. The Morgan fingerprint density at radius 3 is 3.14 bits per heavy atom. The van der Waals surface area contributed by atoms with Gasteiger partial charge in [0.05, 0.1) is 6.54 Å². The van der Waals surface area contributed by atoms with Crippen molar-refractivity contribution in [1.29, 1.82) is 0 Å². The van der Waals surface area contributed by atoms with Gasteiger partial charge >= 0.3 is 0 Å². The van der Waals surface area contributed by atoms with Crippen LogP contribution < -0.4 is 4.80 Å². The monoisotopic (exact) mass is 205 g/mol. The van der Waals surface area contributed by atoms with Crippen LogP contribution in [-0.2, 0) is 6.54 Å². The van der Waals surface area contributed by atoms with Crippen LogP contribution in [0.2, 0.25) is 0 Å². The molecule has 0 bridgehead atoms. The average Bonchev–Trinajstić information content (AvgIpc) is 2.63. The first kappa shape index (κ1) is 9.15. The van der Waals surface area contributed by atoms with Crippen molar-refractivity contribution in [2.45, 2.75) is 13.5 Å². The minimum Gasteiger partial charge on any atom is -0.337 e. The molecule has 0 spiro atoms. The van der Waals surface area contributed by atoms with Crippen LogP contribution in [0.5, 0.6) is 0 Å². The molecule has 0 amide bonds. The van der Waals surface area contributed by atoms with E-state index < -0.39 is 0 Å². The number of aromatic amines is 1. The Morgan fingerprint density at radius 2 is 2.50 bits per heavy atom. The van der Waals surface area contributed by atoms with Gasteiger partial charge in [0.25, 0.3) is 0 Å². The zero-order valence-electron chi connectivity index (χ0n) is 7.90. The van der Waals surface area contributed by atoms with Gasteiger partial charge in [0, 0.05) is 23.5 Å². The van der Waals surface area contributed by atoms with E-state index >= 15 is 0 Å². The van der Waals surface area contributed by atoms with Crippen molar-refractivity contribution in [3.05, 3.63) is 46.0 Å². The second-order valence-corrected chi connectivity index (χ2v) is 4.22. The zero-order valence-corrected chi connectivity index (χ0v) is 8.71. The molecule has 14 heavy (non-hydrogen) atoms. The van der Waals surface area contributed by atoms with E-state index in [-0.39, 0.29) is 0 Å². The largest absolute Gasteiger partial charge is 0.337 e. The highest BCUT2D eigenvalue weighted by molar-refractivity contribution is 7.09. The summed E-state index contributed by atoms with van der Waals surface area (Å²) in [6.45, 7) is 2.74. The molecule has 72 valence electrons. The SMILES string of the molecule is Cc1c[nH]/c(=N/Cc2cccnc2)s1. The maximum atomic E-state index is 4.42. The summed E-state index contributed by atoms with van der Waals surface area (Å²) in [4.78, 5) is 13.8. The van der Waals surface area contributed by atoms with E-state index in [4.69, 9.17) is 0 Å². The van der Waals surface area contributed by atoms with E-state index in [1.54, 1.807) is 17.5 Å². The van der Waals surface area contributed by atoms with Crippen LogP contribution in [0.1, 0.15) is 10.4 Å². The Labute approximate surface area is 86.2 Å². The van der Waals surface area contributed by atoms with E-state index in [2.05, 4.69) is 21.9 Å². The van der Waals surface area contributed by atoms with Crippen LogP contribution >= 0.6 is 11.3 Å². The van der Waals surface area contributed by atoms with Crippen molar-refractivity contribution in [3.63, 3.8) is 0 Å². The van der Waals surface area contributed by atoms with Crippen LogP contribution in [0.4, 0.5) is 0 Å². The normalized spacial score (nSPS) is 11.9. The number of hydrogen-bond donors (Lipinski definition) is 1. The van der Waals surface area contributed by atoms with Crippen LogP contribution in [-0.4, -0.2) is 9.97 Å². The fourth-order valence-electron chi connectivity index (χ4n) is 1.11.